The highest BCUT2D eigenvalue weighted by Gasteiger charge is 2.53. The Morgan fingerprint density at radius 3 is 2.90 bits per heavy atom. The van der Waals surface area contributed by atoms with Crippen molar-refractivity contribution < 1.29 is 24.3 Å². The van der Waals surface area contributed by atoms with Gasteiger partial charge in [-0.05, 0) is 25.0 Å². The molecule has 0 spiro atoms. The highest BCUT2D eigenvalue weighted by atomic mass is 32.2. The van der Waals surface area contributed by atoms with E-state index in [0.29, 0.717) is 17.9 Å². The Balaban J connectivity index is 1.51. The minimum absolute atomic E-state index is 0.00496. The Bertz CT molecular complexity index is 971. The molecule has 1 aromatic rings. The van der Waals surface area contributed by atoms with Gasteiger partial charge >= 0.3 is 5.97 Å². The molecule has 0 saturated carbocycles. The van der Waals surface area contributed by atoms with Crippen molar-refractivity contribution in [1.82, 2.24) is 19.6 Å². The molecular formula is C16H16N6O5S2. The maximum Gasteiger partial charge on any atom is 0.352 e. The van der Waals surface area contributed by atoms with Gasteiger partial charge in [-0.1, -0.05) is 5.16 Å². The third kappa shape index (κ3) is 3.70. The molecule has 2 amide bonds. The van der Waals surface area contributed by atoms with E-state index in [1.807, 2.05) is 6.08 Å². The van der Waals surface area contributed by atoms with Crippen LogP contribution in [0.4, 0.5) is 5.13 Å². The van der Waals surface area contributed by atoms with Crippen molar-refractivity contribution in [3.63, 3.8) is 0 Å². The van der Waals surface area contributed by atoms with Crippen molar-refractivity contribution >= 4 is 51.9 Å². The monoisotopic (exact) mass is 436 g/mol. The van der Waals surface area contributed by atoms with E-state index < -0.39 is 29.2 Å². The highest BCUT2D eigenvalue weighted by Crippen LogP contribution is 2.37. The van der Waals surface area contributed by atoms with Crippen molar-refractivity contribution in [1.29, 1.82) is 0 Å². The van der Waals surface area contributed by atoms with Gasteiger partial charge in [0.2, 0.25) is 11.5 Å². The van der Waals surface area contributed by atoms with E-state index in [0.717, 1.165) is 29.3 Å². The zero-order chi connectivity index (χ0) is 20.5. The van der Waals surface area contributed by atoms with E-state index in [4.69, 9.17) is 10.6 Å². The van der Waals surface area contributed by atoms with Crippen LogP contribution in [0.15, 0.2) is 28.8 Å². The molecule has 1 aromatic heterocycles. The smallest absolute Gasteiger partial charge is 0.352 e. The first-order chi connectivity index (χ1) is 14.0. The first-order valence-electron chi connectivity index (χ1n) is 8.68. The summed E-state index contributed by atoms with van der Waals surface area (Å²) in [5, 5.41) is 15.4. The van der Waals surface area contributed by atoms with E-state index in [9.17, 15) is 19.5 Å². The number of hydrogen-bond acceptors (Lipinski definition) is 10. The molecule has 0 bridgehead atoms. The molecule has 1 fully saturated rings. The average molecular weight is 436 g/mol. The van der Waals surface area contributed by atoms with E-state index in [-0.39, 0.29) is 22.4 Å². The normalized spacial score (nSPS) is 23.7. The van der Waals surface area contributed by atoms with Crippen LogP contribution in [0.2, 0.25) is 0 Å². The zero-order valence-corrected chi connectivity index (χ0v) is 16.5. The molecule has 2 atom stereocenters. The number of hydrogen-bond donors (Lipinski definition) is 3. The number of carboxylic acid groups (broad SMARTS) is 1. The summed E-state index contributed by atoms with van der Waals surface area (Å²) in [4.78, 5) is 47.1. The molecule has 3 aliphatic rings. The molecule has 0 aromatic carbocycles. The number of carbonyl (C=O) groups excluding carboxylic acids is 2. The minimum Gasteiger partial charge on any atom is -0.477 e. The summed E-state index contributed by atoms with van der Waals surface area (Å²) in [5.41, 5.74) is 5.32. The van der Waals surface area contributed by atoms with E-state index in [1.165, 1.54) is 17.8 Å². The number of aromatic nitrogens is 2. The molecule has 4 N–H and O–H groups in total. The number of nitrogen functional groups attached to an aromatic ring is 1. The quantitative estimate of drug-likeness (QED) is 0.323. The second kappa shape index (κ2) is 7.83. The van der Waals surface area contributed by atoms with Crippen LogP contribution < -0.4 is 11.1 Å². The lowest BCUT2D eigenvalue weighted by Crippen LogP contribution is -2.70. The van der Waals surface area contributed by atoms with Crippen LogP contribution in [0.3, 0.4) is 0 Å². The molecule has 3 heterocycles. The Kier molecular flexibility index (Phi) is 5.24. The summed E-state index contributed by atoms with van der Waals surface area (Å²) >= 11 is 2.26. The van der Waals surface area contributed by atoms with Crippen LogP contribution >= 0.6 is 23.3 Å². The number of carbonyl (C=O) groups is 3. The Morgan fingerprint density at radius 2 is 2.24 bits per heavy atom. The molecule has 29 heavy (non-hydrogen) atoms. The lowest BCUT2D eigenvalue weighted by Gasteiger charge is -2.48. The van der Waals surface area contributed by atoms with Crippen LogP contribution in [-0.2, 0) is 19.2 Å². The standard InChI is InChI=1S/C16H16N6O5S2/c17-16-19-11(21-29-16)9(20-27-7-3-1-2-4-7)12(23)18-10-13(24)22-8(15(25)26)5-6-28-14(10)22/h3,5,10,14H,1-2,4,6H2,(H,18,23)(H,25,26)(H2,17,19,21)/b20-9+. The second-order valence-electron chi connectivity index (χ2n) is 6.33. The molecule has 0 radical (unpaired) electrons. The number of allylic oxidation sites excluding steroid dienone is 2. The number of aliphatic carboxylic acids is 1. The van der Waals surface area contributed by atoms with Crippen LogP contribution in [0.1, 0.15) is 25.1 Å². The van der Waals surface area contributed by atoms with Crippen molar-refractivity contribution in [3.8, 4) is 0 Å². The number of thioether (sulfide) groups is 1. The van der Waals surface area contributed by atoms with Crippen LogP contribution in [-0.4, -0.2) is 60.0 Å². The number of anilines is 1. The van der Waals surface area contributed by atoms with Gasteiger partial charge in [-0.15, -0.1) is 11.8 Å². The van der Waals surface area contributed by atoms with Crippen molar-refractivity contribution in [2.75, 3.05) is 11.5 Å². The number of fused-ring (bicyclic) bond motifs is 1. The predicted octanol–water partition coefficient (Wildman–Crippen LogP) is 0.277. The number of β-lactam (4-membered cyclic amide) rings is 1. The number of amides is 2. The SMILES string of the molecule is Nc1nc(/C(=N\OC2=CCCC2)C(=O)NC2C(=O)N3C(C(=O)O)=CCSC23)ns1. The molecule has 11 nitrogen and oxygen atoms in total. The summed E-state index contributed by atoms with van der Waals surface area (Å²) in [6, 6.07) is -0.887. The molecule has 1 aliphatic carbocycles. The third-order valence-corrected chi connectivity index (χ3v) is 6.20. The fourth-order valence-electron chi connectivity index (χ4n) is 3.09. The van der Waals surface area contributed by atoms with Gasteiger partial charge in [0.1, 0.15) is 22.9 Å². The first-order valence-corrected chi connectivity index (χ1v) is 10.5. The van der Waals surface area contributed by atoms with Gasteiger partial charge in [0, 0.05) is 23.7 Å². The topological polar surface area (TPSA) is 160 Å². The van der Waals surface area contributed by atoms with Crippen molar-refractivity contribution in [2.24, 2.45) is 5.16 Å². The fourth-order valence-corrected chi connectivity index (χ4v) is 4.72. The fraction of sp³-hybridized carbons (Fsp3) is 0.375. The number of nitrogens with one attached hydrogen (secondary N) is 1. The van der Waals surface area contributed by atoms with Crippen LogP contribution in [0.5, 0.6) is 0 Å². The summed E-state index contributed by atoms with van der Waals surface area (Å²) in [5.74, 6) is -1.33. The Morgan fingerprint density at radius 1 is 1.41 bits per heavy atom. The molecule has 152 valence electrons. The van der Waals surface area contributed by atoms with Crippen LogP contribution in [0.25, 0.3) is 0 Å². The summed E-state index contributed by atoms with van der Waals surface area (Å²) < 4.78 is 4.00. The third-order valence-electron chi connectivity index (χ3n) is 4.47. The second-order valence-corrected chi connectivity index (χ2v) is 8.26. The number of oxime groups is 1. The molecular weight excluding hydrogens is 420 g/mol. The maximum atomic E-state index is 12.8. The van der Waals surface area contributed by atoms with E-state index in [1.54, 1.807) is 0 Å². The molecule has 1 saturated heterocycles. The molecule has 4 rings (SSSR count). The van der Waals surface area contributed by atoms with Crippen molar-refractivity contribution in [3.05, 3.63) is 29.4 Å². The minimum atomic E-state index is -1.18. The van der Waals surface area contributed by atoms with Gasteiger partial charge in [0.15, 0.2) is 5.13 Å². The van der Waals surface area contributed by atoms with Crippen LogP contribution in [0, 0.1) is 0 Å². The summed E-state index contributed by atoms with van der Waals surface area (Å²) in [7, 11) is 0. The lowest BCUT2D eigenvalue weighted by atomic mass is 10.0. The number of carboxylic acids is 1. The van der Waals surface area contributed by atoms with Gasteiger partial charge < -0.3 is 21.0 Å². The highest BCUT2D eigenvalue weighted by molar-refractivity contribution is 8.00. The summed E-state index contributed by atoms with van der Waals surface area (Å²) in [6.07, 6.45) is 5.88. The maximum absolute atomic E-state index is 12.8. The molecule has 13 heteroatoms. The average Bonchev–Trinajstić information content (AvgIpc) is 3.37. The van der Waals surface area contributed by atoms with Gasteiger partial charge in [-0.3, -0.25) is 14.5 Å². The lowest BCUT2D eigenvalue weighted by molar-refractivity contribution is -0.150. The number of nitrogens with zero attached hydrogens (tertiary/aromatic N) is 4. The van der Waals surface area contributed by atoms with Gasteiger partial charge in [-0.25, -0.2) is 4.79 Å². The first kappa shape index (κ1) is 19.4. The Labute approximate surface area is 172 Å². The largest absolute Gasteiger partial charge is 0.477 e. The van der Waals surface area contributed by atoms with Crippen molar-refractivity contribution in [2.45, 2.75) is 30.7 Å². The molecule has 2 unspecified atom stereocenters. The molecule has 2 aliphatic heterocycles. The van der Waals surface area contributed by atoms with Gasteiger partial charge in [-0.2, -0.15) is 9.36 Å². The van der Waals surface area contributed by atoms with E-state index in [2.05, 4.69) is 19.8 Å². The number of rotatable bonds is 6. The van der Waals surface area contributed by atoms with Gasteiger partial charge in [0.05, 0.1) is 0 Å². The number of nitrogens with two attached hydrogens (primary N) is 1. The predicted molar refractivity (Wildman–Crippen MR) is 105 cm³/mol. The Hall–Kier alpha value is -2.93. The zero-order valence-electron chi connectivity index (χ0n) is 14.9. The van der Waals surface area contributed by atoms with Gasteiger partial charge in [0.25, 0.3) is 11.8 Å². The van der Waals surface area contributed by atoms with E-state index >= 15 is 0 Å². The summed E-state index contributed by atoms with van der Waals surface area (Å²) in [6.45, 7) is 0.